The minimum Gasteiger partial charge on any atom is -0.375 e. The van der Waals surface area contributed by atoms with Crippen LogP contribution in [-0.2, 0) is 22.5 Å². The lowest BCUT2D eigenvalue weighted by Gasteiger charge is -2.31. The zero-order chi connectivity index (χ0) is 17.6. The molecule has 1 unspecified atom stereocenters. The number of aromatic amines is 1. The fourth-order valence-corrected chi connectivity index (χ4v) is 3.63. The van der Waals surface area contributed by atoms with Crippen LogP contribution in [-0.4, -0.2) is 57.1 Å². The van der Waals surface area contributed by atoms with E-state index < -0.39 is 0 Å². The molecule has 1 N–H and O–H groups in total. The van der Waals surface area contributed by atoms with Crippen LogP contribution in [0, 0.1) is 0 Å². The fourth-order valence-electron chi connectivity index (χ4n) is 2.76. The van der Waals surface area contributed by atoms with Gasteiger partial charge in [-0.15, -0.1) is 5.10 Å². The van der Waals surface area contributed by atoms with Gasteiger partial charge in [0.05, 0.1) is 18.5 Å². The molecule has 1 aromatic heterocycles. The largest absolute Gasteiger partial charge is 0.375 e. The maximum Gasteiger partial charge on any atom is 0.343 e. The van der Waals surface area contributed by atoms with Gasteiger partial charge in [-0.05, 0) is 18.9 Å². The van der Waals surface area contributed by atoms with Crippen molar-refractivity contribution in [2.45, 2.75) is 31.1 Å². The number of aryl methyl sites for hydroxylation is 1. The quantitative estimate of drug-likeness (QED) is 0.780. The molecule has 0 aliphatic carbocycles. The molecule has 0 spiro atoms. The predicted molar refractivity (Wildman–Crippen MR) is 95.7 cm³/mol. The molecular weight excluding hydrogens is 340 g/mol. The topological polar surface area (TPSA) is 80.2 Å². The third-order valence-electron chi connectivity index (χ3n) is 4.11. The van der Waals surface area contributed by atoms with Gasteiger partial charge in [0.25, 0.3) is 0 Å². The summed E-state index contributed by atoms with van der Waals surface area (Å²) in [5, 5.41) is 7.08. The maximum absolute atomic E-state index is 12.3. The van der Waals surface area contributed by atoms with Gasteiger partial charge in [-0.2, -0.15) is 0 Å². The summed E-state index contributed by atoms with van der Waals surface area (Å²) in [7, 11) is 0. The van der Waals surface area contributed by atoms with Crippen molar-refractivity contribution >= 4 is 17.7 Å². The minimum atomic E-state index is -0.245. The highest BCUT2D eigenvalue weighted by atomic mass is 32.2. The van der Waals surface area contributed by atoms with Crippen molar-refractivity contribution in [3.8, 4) is 0 Å². The summed E-state index contributed by atoms with van der Waals surface area (Å²) < 4.78 is 7.04. The zero-order valence-corrected chi connectivity index (χ0v) is 15.0. The smallest absolute Gasteiger partial charge is 0.343 e. The third-order valence-corrected chi connectivity index (χ3v) is 5.07. The third kappa shape index (κ3) is 4.73. The van der Waals surface area contributed by atoms with Gasteiger partial charge in [0.15, 0.2) is 5.16 Å². The summed E-state index contributed by atoms with van der Waals surface area (Å²) in [5.74, 6) is 0.313. The number of benzene rings is 1. The number of amides is 1. The Morgan fingerprint density at radius 1 is 1.40 bits per heavy atom. The van der Waals surface area contributed by atoms with Crippen molar-refractivity contribution in [1.82, 2.24) is 19.7 Å². The van der Waals surface area contributed by atoms with Crippen molar-refractivity contribution in [3.05, 3.63) is 46.4 Å². The summed E-state index contributed by atoms with van der Waals surface area (Å²) in [6.45, 7) is 4.29. The normalized spacial score (nSPS) is 17.6. The van der Waals surface area contributed by atoms with Gasteiger partial charge in [0.1, 0.15) is 0 Å². The van der Waals surface area contributed by atoms with Crippen LogP contribution in [0.5, 0.6) is 0 Å². The Hall–Kier alpha value is -2.06. The van der Waals surface area contributed by atoms with Crippen LogP contribution in [0.25, 0.3) is 0 Å². The number of carbonyl (C=O) groups excluding carboxylic acids is 1. The van der Waals surface area contributed by atoms with Gasteiger partial charge >= 0.3 is 5.69 Å². The first-order valence-electron chi connectivity index (χ1n) is 8.35. The van der Waals surface area contributed by atoms with E-state index in [1.807, 2.05) is 37.3 Å². The summed E-state index contributed by atoms with van der Waals surface area (Å²) in [6.07, 6.45) is 0.806. The molecule has 1 aliphatic heterocycles. The maximum atomic E-state index is 12.3. The van der Waals surface area contributed by atoms with Gasteiger partial charge in [-0.1, -0.05) is 42.1 Å². The average Bonchev–Trinajstić information content (AvgIpc) is 2.98. The minimum absolute atomic E-state index is 0.0465. The number of morpholine rings is 1. The number of hydrogen-bond acceptors (Lipinski definition) is 5. The standard InChI is InChI=1S/C17H22N4O3S/c1-13-11-20(9-10-24-13)15(22)12-25-17-19-18-16(23)21(17)8-7-14-5-3-2-4-6-14/h2-6,13H,7-12H2,1H3,(H,18,23). The summed E-state index contributed by atoms with van der Waals surface area (Å²) in [5.41, 5.74) is 0.913. The first-order valence-corrected chi connectivity index (χ1v) is 9.33. The number of nitrogens with zero attached hydrogens (tertiary/aromatic N) is 3. The van der Waals surface area contributed by atoms with E-state index in [1.165, 1.54) is 11.8 Å². The van der Waals surface area contributed by atoms with Gasteiger partial charge in [0, 0.05) is 19.6 Å². The molecule has 3 rings (SSSR count). The first kappa shape index (κ1) is 17.8. The number of carbonyl (C=O) groups is 1. The van der Waals surface area contributed by atoms with E-state index in [2.05, 4.69) is 10.2 Å². The molecular formula is C17H22N4O3S. The number of ether oxygens (including phenoxy) is 1. The van der Waals surface area contributed by atoms with Gasteiger partial charge in [-0.25, -0.2) is 9.89 Å². The lowest BCUT2D eigenvalue weighted by atomic mass is 10.1. The Labute approximate surface area is 150 Å². The van der Waals surface area contributed by atoms with Crippen LogP contribution >= 0.6 is 11.8 Å². The second-order valence-corrected chi connectivity index (χ2v) is 6.95. The highest BCUT2D eigenvalue weighted by molar-refractivity contribution is 7.99. The molecule has 1 saturated heterocycles. The molecule has 2 heterocycles. The lowest BCUT2D eigenvalue weighted by molar-refractivity contribution is -0.135. The zero-order valence-electron chi connectivity index (χ0n) is 14.2. The summed E-state index contributed by atoms with van der Waals surface area (Å²) >= 11 is 1.29. The van der Waals surface area contributed by atoms with Crippen LogP contribution in [0.2, 0.25) is 0 Å². The number of rotatable bonds is 6. The number of thioether (sulfide) groups is 1. The Bertz CT molecular complexity index is 759. The van der Waals surface area contributed by atoms with Crippen LogP contribution in [0.1, 0.15) is 12.5 Å². The molecule has 8 heteroatoms. The van der Waals surface area contributed by atoms with Crippen LogP contribution < -0.4 is 5.69 Å². The Morgan fingerprint density at radius 2 is 2.20 bits per heavy atom. The van der Waals surface area contributed by atoms with Gasteiger partial charge in [-0.3, -0.25) is 9.36 Å². The Kier molecular flexibility index (Phi) is 5.93. The molecule has 2 aromatic rings. The van der Waals surface area contributed by atoms with Crippen molar-refractivity contribution < 1.29 is 9.53 Å². The molecule has 1 aliphatic rings. The highest BCUT2D eigenvalue weighted by Gasteiger charge is 2.22. The molecule has 1 atom stereocenters. The van der Waals surface area contributed by atoms with Crippen LogP contribution in [0.4, 0.5) is 0 Å². The van der Waals surface area contributed by atoms with Crippen molar-refractivity contribution in [2.24, 2.45) is 0 Å². The molecule has 134 valence electrons. The molecule has 1 fully saturated rings. The van der Waals surface area contributed by atoms with Crippen LogP contribution in [0.3, 0.4) is 0 Å². The van der Waals surface area contributed by atoms with E-state index in [0.717, 1.165) is 12.0 Å². The second-order valence-electron chi connectivity index (χ2n) is 6.01. The van der Waals surface area contributed by atoms with Crippen molar-refractivity contribution in [2.75, 3.05) is 25.4 Å². The molecule has 1 amide bonds. The van der Waals surface area contributed by atoms with Crippen molar-refractivity contribution in [1.29, 1.82) is 0 Å². The Morgan fingerprint density at radius 3 is 2.96 bits per heavy atom. The van der Waals surface area contributed by atoms with Crippen molar-refractivity contribution in [3.63, 3.8) is 0 Å². The van der Waals surface area contributed by atoms with E-state index in [1.54, 1.807) is 9.47 Å². The predicted octanol–water partition coefficient (Wildman–Crippen LogP) is 1.15. The van der Waals surface area contributed by atoms with E-state index in [4.69, 9.17) is 4.74 Å². The first-order chi connectivity index (χ1) is 12.1. The van der Waals surface area contributed by atoms with E-state index >= 15 is 0 Å². The summed E-state index contributed by atoms with van der Waals surface area (Å²) in [6, 6.07) is 9.98. The highest BCUT2D eigenvalue weighted by Crippen LogP contribution is 2.16. The van der Waals surface area contributed by atoms with E-state index in [-0.39, 0.29) is 23.5 Å². The van der Waals surface area contributed by atoms with Gasteiger partial charge in [0.2, 0.25) is 5.91 Å². The average molecular weight is 362 g/mol. The molecule has 25 heavy (non-hydrogen) atoms. The SMILES string of the molecule is CC1CN(C(=O)CSc2n[nH]c(=O)n2CCc2ccccc2)CCO1. The Balaban J connectivity index is 1.57. The number of H-pyrrole nitrogens is 1. The molecule has 0 saturated carbocycles. The van der Waals surface area contributed by atoms with E-state index in [0.29, 0.717) is 31.4 Å². The molecule has 7 nitrogen and oxygen atoms in total. The van der Waals surface area contributed by atoms with Crippen LogP contribution in [0.15, 0.2) is 40.3 Å². The lowest BCUT2D eigenvalue weighted by Crippen LogP contribution is -2.45. The number of nitrogens with one attached hydrogen (secondary N) is 1. The number of hydrogen-bond donors (Lipinski definition) is 1. The summed E-state index contributed by atoms with van der Waals surface area (Å²) in [4.78, 5) is 26.1. The molecule has 0 bridgehead atoms. The van der Waals surface area contributed by atoms with E-state index in [9.17, 15) is 9.59 Å². The second kappa shape index (κ2) is 8.35. The van der Waals surface area contributed by atoms with Gasteiger partial charge < -0.3 is 9.64 Å². The number of aromatic nitrogens is 3. The molecule has 1 aromatic carbocycles. The monoisotopic (exact) mass is 362 g/mol. The fraction of sp³-hybridized carbons (Fsp3) is 0.471. The molecule has 0 radical (unpaired) electrons.